The first-order chi connectivity index (χ1) is 16.0. The van der Waals surface area contributed by atoms with Gasteiger partial charge in [0.25, 0.3) is 5.91 Å². The van der Waals surface area contributed by atoms with Crippen LogP contribution in [0.2, 0.25) is 0 Å². The molecule has 1 aliphatic heterocycles. The lowest BCUT2D eigenvalue weighted by Crippen LogP contribution is -2.47. The number of nitrogens with zero attached hydrogens (tertiary/aromatic N) is 2. The van der Waals surface area contributed by atoms with Gasteiger partial charge in [-0.2, -0.15) is 0 Å². The number of aliphatic hydroxyl groups is 1. The van der Waals surface area contributed by atoms with E-state index in [-0.39, 0.29) is 23.7 Å². The van der Waals surface area contributed by atoms with E-state index in [9.17, 15) is 19.5 Å². The van der Waals surface area contributed by atoms with E-state index >= 15 is 0 Å². The fraction of sp³-hybridized carbons (Fsp3) is 0.731. The fourth-order valence-corrected chi connectivity index (χ4v) is 4.53. The quantitative estimate of drug-likeness (QED) is 0.381. The van der Waals surface area contributed by atoms with Crippen molar-refractivity contribution in [1.29, 1.82) is 0 Å². The molecule has 1 rings (SSSR count). The maximum atomic E-state index is 13.2. The number of amides is 3. The zero-order valence-electron chi connectivity index (χ0n) is 21.8. The van der Waals surface area contributed by atoms with Gasteiger partial charge in [-0.3, -0.25) is 19.3 Å². The van der Waals surface area contributed by atoms with Gasteiger partial charge in [-0.05, 0) is 43.9 Å². The summed E-state index contributed by atoms with van der Waals surface area (Å²) in [5.41, 5.74) is 2.63. The normalized spacial score (nSPS) is 19.2. The standard InChI is InChI=1S/C26H43ClN2O5/c1-8-23(30)28(6)13-9-10-20(16-27)12-11-18(4)25(32)19(5)26(33)29-21(14-17(2)3)22(34-7)15-24(29)31/h15-19,21,25,32H,8-14H2,1-7H3. The Balaban J connectivity index is 2.67. The van der Waals surface area contributed by atoms with Gasteiger partial charge < -0.3 is 14.7 Å². The Kier molecular flexibility index (Phi) is 12.9. The summed E-state index contributed by atoms with van der Waals surface area (Å²) in [4.78, 5) is 40.4. The third kappa shape index (κ3) is 8.42. The van der Waals surface area contributed by atoms with Crippen LogP contribution in [0, 0.1) is 17.8 Å². The highest BCUT2D eigenvalue weighted by Crippen LogP contribution is 2.30. The van der Waals surface area contributed by atoms with Gasteiger partial charge >= 0.3 is 0 Å². The molecule has 0 spiro atoms. The number of halogens is 1. The minimum atomic E-state index is -0.892. The Labute approximate surface area is 210 Å². The van der Waals surface area contributed by atoms with Crippen molar-refractivity contribution < 1.29 is 24.2 Å². The average molecular weight is 499 g/mol. The molecule has 7 nitrogen and oxygen atoms in total. The van der Waals surface area contributed by atoms with Gasteiger partial charge in [0, 0.05) is 31.6 Å². The van der Waals surface area contributed by atoms with Gasteiger partial charge in [0.1, 0.15) is 5.76 Å². The van der Waals surface area contributed by atoms with Crippen molar-refractivity contribution in [2.75, 3.05) is 20.7 Å². The van der Waals surface area contributed by atoms with Gasteiger partial charge in [0.15, 0.2) is 0 Å². The summed E-state index contributed by atoms with van der Waals surface area (Å²) in [7, 11) is 3.30. The van der Waals surface area contributed by atoms with Crippen LogP contribution in [0.3, 0.4) is 0 Å². The number of allylic oxidation sites excluding steroid dienone is 1. The van der Waals surface area contributed by atoms with E-state index in [0.717, 1.165) is 18.4 Å². The van der Waals surface area contributed by atoms with Crippen molar-refractivity contribution in [2.24, 2.45) is 17.8 Å². The summed E-state index contributed by atoms with van der Waals surface area (Å²) < 4.78 is 5.35. The molecule has 0 bridgehead atoms. The maximum Gasteiger partial charge on any atom is 0.257 e. The zero-order valence-corrected chi connectivity index (χ0v) is 22.6. The number of ether oxygens (including phenoxy) is 1. The molecule has 0 saturated heterocycles. The number of hydrogen-bond donors (Lipinski definition) is 1. The predicted octanol–water partition coefficient (Wildman–Crippen LogP) is 4.48. The molecule has 0 fully saturated rings. The highest BCUT2D eigenvalue weighted by molar-refractivity contribution is 6.25. The van der Waals surface area contributed by atoms with Crippen LogP contribution < -0.4 is 0 Å². The number of carbonyl (C=O) groups is 3. The summed E-state index contributed by atoms with van der Waals surface area (Å²) in [5, 5.41) is 10.9. The second-order valence-corrected chi connectivity index (χ2v) is 10.00. The molecule has 3 amide bonds. The van der Waals surface area contributed by atoms with Crippen molar-refractivity contribution >= 4 is 29.3 Å². The van der Waals surface area contributed by atoms with Crippen molar-refractivity contribution in [1.82, 2.24) is 9.80 Å². The summed E-state index contributed by atoms with van der Waals surface area (Å²) in [6.07, 6.45) is 4.52. The van der Waals surface area contributed by atoms with E-state index in [2.05, 4.69) is 0 Å². The third-order valence-corrected chi connectivity index (χ3v) is 6.90. The molecule has 1 N–H and O–H groups in total. The minimum Gasteiger partial charge on any atom is -0.499 e. The fourth-order valence-electron chi connectivity index (χ4n) is 4.31. The van der Waals surface area contributed by atoms with Crippen LogP contribution in [-0.4, -0.2) is 65.5 Å². The lowest BCUT2D eigenvalue weighted by Gasteiger charge is -2.31. The van der Waals surface area contributed by atoms with Gasteiger partial charge in [-0.15, -0.1) is 0 Å². The van der Waals surface area contributed by atoms with Crippen molar-refractivity contribution in [3.8, 4) is 0 Å². The minimum absolute atomic E-state index is 0.117. The second-order valence-electron chi connectivity index (χ2n) is 9.78. The summed E-state index contributed by atoms with van der Waals surface area (Å²) in [5.74, 6) is -0.782. The van der Waals surface area contributed by atoms with Crippen LogP contribution in [0.15, 0.2) is 22.9 Å². The Bertz CT molecular complexity index is 764. The smallest absolute Gasteiger partial charge is 0.257 e. The second kappa shape index (κ2) is 14.5. The van der Waals surface area contributed by atoms with E-state index < -0.39 is 24.0 Å². The number of carbonyl (C=O) groups excluding carboxylic acids is 3. The SMILES string of the molecule is CCC(=O)N(C)CCCC(=CCl)CCC(C)C(O)C(C)C(=O)N1C(=O)C=C(OC)C1CC(C)C. The molecule has 0 aromatic heterocycles. The molecule has 0 aromatic rings. The number of rotatable bonds is 14. The molecule has 1 heterocycles. The first kappa shape index (κ1) is 30.2. The molecular formula is C26H43ClN2O5. The number of imide groups is 1. The van der Waals surface area contributed by atoms with E-state index in [4.69, 9.17) is 16.3 Å². The Morgan fingerprint density at radius 1 is 1.26 bits per heavy atom. The lowest BCUT2D eigenvalue weighted by atomic mass is 9.87. The molecule has 194 valence electrons. The van der Waals surface area contributed by atoms with Crippen molar-refractivity contribution in [2.45, 2.75) is 85.3 Å². The molecule has 0 radical (unpaired) electrons. The van der Waals surface area contributed by atoms with E-state index in [1.807, 2.05) is 27.7 Å². The number of hydrogen-bond acceptors (Lipinski definition) is 5. The zero-order chi connectivity index (χ0) is 26.0. The van der Waals surface area contributed by atoms with Crippen molar-refractivity contribution in [3.63, 3.8) is 0 Å². The van der Waals surface area contributed by atoms with Gasteiger partial charge in [0.2, 0.25) is 11.8 Å². The van der Waals surface area contributed by atoms with Crippen LogP contribution in [-0.2, 0) is 19.1 Å². The summed E-state index contributed by atoms with van der Waals surface area (Å²) in [6, 6.07) is -0.432. The average Bonchev–Trinajstić information content (AvgIpc) is 3.12. The molecule has 4 unspecified atom stereocenters. The molecule has 34 heavy (non-hydrogen) atoms. The molecule has 4 atom stereocenters. The van der Waals surface area contributed by atoms with E-state index in [0.29, 0.717) is 38.0 Å². The Morgan fingerprint density at radius 2 is 1.91 bits per heavy atom. The summed E-state index contributed by atoms with van der Waals surface area (Å²) in [6.45, 7) is 10.2. The predicted molar refractivity (Wildman–Crippen MR) is 135 cm³/mol. The molecule has 0 aromatic carbocycles. The van der Waals surface area contributed by atoms with Crippen molar-refractivity contribution in [3.05, 3.63) is 22.9 Å². The maximum absolute atomic E-state index is 13.2. The largest absolute Gasteiger partial charge is 0.499 e. The molecule has 0 saturated carbocycles. The number of aliphatic hydroxyl groups excluding tert-OH is 1. The van der Waals surface area contributed by atoms with Gasteiger partial charge in [0.05, 0.1) is 25.2 Å². The Hall–Kier alpha value is -1.86. The molecule has 8 heteroatoms. The van der Waals surface area contributed by atoms with Crippen LogP contribution in [0.5, 0.6) is 0 Å². The van der Waals surface area contributed by atoms with Crippen LogP contribution in [0.4, 0.5) is 0 Å². The van der Waals surface area contributed by atoms with E-state index in [1.165, 1.54) is 18.1 Å². The molecule has 0 aliphatic carbocycles. The lowest BCUT2D eigenvalue weighted by molar-refractivity contribution is -0.149. The molecule has 1 aliphatic rings. The first-order valence-corrected chi connectivity index (χ1v) is 12.7. The highest BCUT2D eigenvalue weighted by Gasteiger charge is 2.42. The van der Waals surface area contributed by atoms with Crippen LogP contribution in [0.25, 0.3) is 0 Å². The van der Waals surface area contributed by atoms with Crippen LogP contribution in [0.1, 0.15) is 73.1 Å². The Morgan fingerprint density at radius 3 is 2.44 bits per heavy atom. The third-order valence-electron chi connectivity index (χ3n) is 6.59. The topological polar surface area (TPSA) is 87.2 Å². The van der Waals surface area contributed by atoms with Gasteiger partial charge in [-0.1, -0.05) is 51.8 Å². The van der Waals surface area contributed by atoms with Gasteiger partial charge in [-0.25, -0.2) is 0 Å². The highest BCUT2D eigenvalue weighted by atomic mass is 35.5. The monoisotopic (exact) mass is 498 g/mol. The number of methoxy groups -OCH3 is 1. The molecular weight excluding hydrogens is 456 g/mol. The first-order valence-electron chi connectivity index (χ1n) is 12.3. The summed E-state index contributed by atoms with van der Waals surface area (Å²) >= 11 is 6.01. The van der Waals surface area contributed by atoms with E-state index in [1.54, 1.807) is 24.4 Å². The van der Waals surface area contributed by atoms with Crippen LogP contribution >= 0.6 is 11.6 Å².